The van der Waals surface area contributed by atoms with E-state index in [2.05, 4.69) is 6.92 Å². The molecule has 5 atom stereocenters. The van der Waals surface area contributed by atoms with E-state index in [1.165, 1.54) is 25.7 Å². The summed E-state index contributed by atoms with van der Waals surface area (Å²) in [5.74, 6) is 0. The quantitative estimate of drug-likeness (QED) is 0.440. The minimum Gasteiger partial charge on any atom is -0.394 e. The lowest BCUT2D eigenvalue weighted by molar-refractivity contribution is -0.301. The summed E-state index contributed by atoms with van der Waals surface area (Å²) >= 11 is 0. The first-order chi connectivity index (χ1) is 10.1. The van der Waals surface area contributed by atoms with Crippen LogP contribution in [0.15, 0.2) is 0 Å². The molecule has 0 spiro atoms. The molecule has 1 aliphatic rings. The van der Waals surface area contributed by atoms with Crippen molar-refractivity contribution in [3.63, 3.8) is 0 Å². The van der Waals surface area contributed by atoms with E-state index in [1.54, 1.807) is 0 Å². The highest BCUT2D eigenvalue weighted by atomic mass is 16.7. The Balaban J connectivity index is 2.16. The van der Waals surface area contributed by atoms with Crippen molar-refractivity contribution in [2.75, 3.05) is 13.2 Å². The predicted molar refractivity (Wildman–Crippen MR) is 77.7 cm³/mol. The normalized spacial score (nSPS) is 33.3. The van der Waals surface area contributed by atoms with Gasteiger partial charge in [0.2, 0.25) is 0 Å². The largest absolute Gasteiger partial charge is 0.394 e. The lowest BCUT2D eigenvalue weighted by Crippen LogP contribution is -2.59. The molecule has 1 rings (SSSR count). The van der Waals surface area contributed by atoms with Gasteiger partial charge in [0.25, 0.3) is 0 Å². The summed E-state index contributed by atoms with van der Waals surface area (Å²) in [4.78, 5) is 0. The number of hydrogen-bond acceptors (Lipinski definition) is 6. The van der Waals surface area contributed by atoms with Crippen LogP contribution in [-0.2, 0) is 9.47 Å². The second-order valence-corrected chi connectivity index (χ2v) is 5.69. The number of aliphatic hydroxyl groups is 4. The third-order valence-corrected chi connectivity index (χ3v) is 3.88. The molecular weight excluding hydrogens is 276 g/mol. The maximum absolute atomic E-state index is 9.78. The van der Waals surface area contributed by atoms with Gasteiger partial charge in [0.05, 0.1) is 6.61 Å². The van der Waals surface area contributed by atoms with Crippen LogP contribution in [0.2, 0.25) is 0 Å². The molecule has 6 nitrogen and oxygen atoms in total. The molecule has 1 heterocycles. The third kappa shape index (κ3) is 6.18. The number of unbranched alkanes of at least 4 members (excludes halogenated alkanes) is 6. The highest BCUT2D eigenvalue weighted by molar-refractivity contribution is 4.88. The Morgan fingerprint density at radius 1 is 0.857 bits per heavy atom. The zero-order valence-corrected chi connectivity index (χ0v) is 12.9. The molecule has 0 saturated carbocycles. The first-order valence-corrected chi connectivity index (χ1v) is 8.04. The summed E-state index contributed by atoms with van der Waals surface area (Å²) < 4.78 is 10.7. The van der Waals surface area contributed by atoms with Crippen molar-refractivity contribution in [3.05, 3.63) is 0 Å². The summed E-state index contributed by atoms with van der Waals surface area (Å²) in [7, 11) is 0. The van der Waals surface area contributed by atoms with Gasteiger partial charge in [-0.3, -0.25) is 0 Å². The lowest BCUT2D eigenvalue weighted by Gasteiger charge is -2.39. The Hall–Kier alpha value is -0.240. The molecular formula is C15H30O6. The van der Waals surface area contributed by atoms with Gasteiger partial charge in [-0.15, -0.1) is 0 Å². The summed E-state index contributed by atoms with van der Waals surface area (Å²) in [5, 5.41) is 38.1. The molecule has 0 aromatic carbocycles. The van der Waals surface area contributed by atoms with E-state index in [1.807, 2.05) is 0 Å². The van der Waals surface area contributed by atoms with Crippen molar-refractivity contribution in [3.8, 4) is 0 Å². The van der Waals surface area contributed by atoms with E-state index in [9.17, 15) is 15.3 Å². The van der Waals surface area contributed by atoms with Gasteiger partial charge in [-0.25, -0.2) is 0 Å². The first kappa shape index (κ1) is 18.8. The molecule has 21 heavy (non-hydrogen) atoms. The molecule has 4 N–H and O–H groups in total. The Labute approximate surface area is 126 Å². The average Bonchev–Trinajstić information content (AvgIpc) is 2.49. The molecule has 126 valence electrons. The number of hydrogen-bond donors (Lipinski definition) is 4. The monoisotopic (exact) mass is 306 g/mol. The number of rotatable bonds is 10. The smallest absolute Gasteiger partial charge is 0.186 e. The molecule has 6 heteroatoms. The predicted octanol–water partition coefficient (Wildman–Crippen LogP) is 0.553. The van der Waals surface area contributed by atoms with Gasteiger partial charge < -0.3 is 29.9 Å². The van der Waals surface area contributed by atoms with Crippen LogP contribution in [0.3, 0.4) is 0 Å². The van der Waals surface area contributed by atoms with Crippen molar-refractivity contribution in [2.24, 2.45) is 0 Å². The molecule has 1 aliphatic heterocycles. The Morgan fingerprint density at radius 3 is 2.10 bits per heavy atom. The van der Waals surface area contributed by atoms with Crippen molar-refractivity contribution >= 4 is 0 Å². The summed E-state index contributed by atoms with van der Waals surface area (Å²) in [5.41, 5.74) is 0. The zero-order chi connectivity index (χ0) is 15.7. The van der Waals surface area contributed by atoms with E-state index < -0.39 is 37.3 Å². The van der Waals surface area contributed by atoms with Gasteiger partial charge in [0, 0.05) is 6.61 Å². The van der Waals surface area contributed by atoms with Crippen molar-refractivity contribution < 1.29 is 29.9 Å². The number of aliphatic hydroxyl groups excluding tert-OH is 4. The fraction of sp³-hybridized carbons (Fsp3) is 1.00. The Bertz CT molecular complexity index is 261. The highest BCUT2D eigenvalue weighted by Crippen LogP contribution is 2.22. The van der Waals surface area contributed by atoms with E-state index in [4.69, 9.17) is 14.6 Å². The molecule has 1 saturated heterocycles. The van der Waals surface area contributed by atoms with Gasteiger partial charge in [0.1, 0.15) is 24.4 Å². The Kier molecular flexibility index (Phi) is 9.39. The van der Waals surface area contributed by atoms with Gasteiger partial charge in [-0.05, 0) is 6.42 Å². The van der Waals surface area contributed by atoms with Gasteiger partial charge in [0.15, 0.2) is 6.29 Å². The molecule has 0 amide bonds. The fourth-order valence-corrected chi connectivity index (χ4v) is 2.46. The molecule has 1 fully saturated rings. The summed E-state index contributed by atoms with van der Waals surface area (Å²) in [6, 6.07) is 0. The van der Waals surface area contributed by atoms with Gasteiger partial charge in [-0.1, -0.05) is 45.4 Å². The Morgan fingerprint density at radius 2 is 1.48 bits per heavy atom. The topological polar surface area (TPSA) is 99.4 Å². The van der Waals surface area contributed by atoms with E-state index in [-0.39, 0.29) is 0 Å². The van der Waals surface area contributed by atoms with Crippen molar-refractivity contribution in [1.82, 2.24) is 0 Å². The van der Waals surface area contributed by atoms with Crippen molar-refractivity contribution in [2.45, 2.75) is 82.6 Å². The molecule has 0 aliphatic carbocycles. The van der Waals surface area contributed by atoms with Crippen molar-refractivity contribution in [1.29, 1.82) is 0 Å². The first-order valence-electron chi connectivity index (χ1n) is 8.04. The number of ether oxygens (including phenoxy) is 2. The van der Waals surface area contributed by atoms with Crippen LogP contribution in [0.25, 0.3) is 0 Å². The van der Waals surface area contributed by atoms with Gasteiger partial charge >= 0.3 is 0 Å². The van der Waals surface area contributed by atoms with E-state index in [0.717, 1.165) is 19.3 Å². The SMILES string of the molecule is CCCCCCCCCOC1OC(CO)C(O)C(O)C1O. The summed E-state index contributed by atoms with van der Waals surface area (Å²) in [6.45, 7) is 2.19. The minimum absolute atomic E-state index is 0.427. The second kappa shape index (κ2) is 10.5. The van der Waals surface area contributed by atoms with Crippen LogP contribution in [-0.4, -0.2) is 64.3 Å². The standard InChI is InChI=1S/C15H30O6/c1-2-3-4-5-6-7-8-9-20-15-14(19)13(18)12(17)11(10-16)21-15/h11-19H,2-10H2,1H3. The zero-order valence-electron chi connectivity index (χ0n) is 12.9. The molecule has 5 unspecified atom stereocenters. The lowest BCUT2D eigenvalue weighted by atomic mass is 9.99. The molecule has 0 radical (unpaired) electrons. The molecule has 0 aromatic rings. The van der Waals surface area contributed by atoms with Crippen LogP contribution in [0.5, 0.6) is 0 Å². The van der Waals surface area contributed by atoms with Crippen LogP contribution >= 0.6 is 0 Å². The van der Waals surface area contributed by atoms with E-state index >= 15 is 0 Å². The van der Waals surface area contributed by atoms with Crippen LogP contribution in [0.1, 0.15) is 51.9 Å². The summed E-state index contributed by atoms with van der Waals surface area (Å²) in [6.07, 6.45) is 2.20. The molecule has 0 bridgehead atoms. The average molecular weight is 306 g/mol. The fourth-order valence-electron chi connectivity index (χ4n) is 2.46. The highest BCUT2D eigenvalue weighted by Gasteiger charge is 2.43. The van der Waals surface area contributed by atoms with E-state index in [0.29, 0.717) is 6.61 Å². The van der Waals surface area contributed by atoms with Gasteiger partial charge in [-0.2, -0.15) is 0 Å². The molecule has 0 aromatic heterocycles. The van der Waals surface area contributed by atoms with Crippen LogP contribution < -0.4 is 0 Å². The minimum atomic E-state index is -1.37. The maximum atomic E-state index is 9.78. The van der Waals surface area contributed by atoms with Crippen LogP contribution in [0.4, 0.5) is 0 Å². The second-order valence-electron chi connectivity index (χ2n) is 5.69. The van der Waals surface area contributed by atoms with Crippen LogP contribution in [0, 0.1) is 0 Å². The maximum Gasteiger partial charge on any atom is 0.186 e. The third-order valence-electron chi connectivity index (χ3n) is 3.88.